The first-order valence-corrected chi connectivity index (χ1v) is 6.87. The van der Waals surface area contributed by atoms with Crippen molar-refractivity contribution in [2.45, 2.75) is 31.9 Å². The van der Waals surface area contributed by atoms with E-state index in [9.17, 15) is 0 Å². The summed E-state index contributed by atoms with van der Waals surface area (Å²) in [6.45, 7) is 2.85. The van der Waals surface area contributed by atoms with Gasteiger partial charge in [0.1, 0.15) is 0 Å². The van der Waals surface area contributed by atoms with Gasteiger partial charge in [0, 0.05) is 12.0 Å². The van der Waals surface area contributed by atoms with Crippen molar-refractivity contribution < 1.29 is 4.74 Å². The fraction of sp³-hybridized carbons (Fsp3) is 0.538. The largest absolute Gasteiger partial charge is 0.378 e. The van der Waals surface area contributed by atoms with Crippen molar-refractivity contribution in [3.8, 4) is 0 Å². The molecule has 0 aromatic heterocycles. The summed E-state index contributed by atoms with van der Waals surface area (Å²) in [6, 6.07) is 5.90. The molecule has 3 unspecified atom stereocenters. The molecule has 1 aliphatic rings. The fourth-order valence-corrected chi connectivity index (χ4v) is 2.73. The molecule has 1 aromatic carbocycles. The predicted molar refractivity (Wildman–Crippen MR) is 74.8 cm³/mol. The number of nitrogens with two attached hydrogens (primary N) is 1. The van der Waals surface area contributed by atoms with Crippen LogP contribution < -0.4 is 11.3 Å². The van der Waals surface area contributed by atoms with Crippen molar-refractivity contribution >= 4 is 23.2 Å². The van der Waals surface area contributed by atoms with Crippen molar-refractivity contribution in [2.24, 2.45) is 11.8 Å². The van der Waals surface area contributed by atoms with Crippen LogP contribution in [0.3, 0.4) is 0 Å². The number of hydrogen-bond acceptors (Lipinski definition) is 3. The first-order valence-electron chi connectivity index (χ1n) is 6.11. The molecule has 3 N–H and O–H groups in total. The Morgan fingerprint density at radius 1 is 1.44 bits per heavy atom. The van der Waals surface area contributed by atoms with Crippen LogP contribution in [-0.2, 0) is 11.2 Å². The highest BCUT2D eigenvalue weighted by Gasteiger charge is 2.29. The Labute approximate surface area is 118 Å². The lowest BCUT2D eigenvalue weighted by molar-refractivity contribution is 0.117. The molecule has 0 spiro atoms. The van der Waals surface area contributed by atoms with Crippen LogP contribution in [0, 0.1) is 5.92 Å². The normalized spacial score (nSPS) is 25.3. The molecule has 0 bridgehead atoms. The van der Waals surface area contributed by atoms with E-state index in [0.29, 0.717) is 22.1 Å². The van der Waals surface area contributed by atoms with Crippen molar-refractivity contribution in [3.05, 3.63) is 33.8 Å². The predicted octanol–water partition coefficient (Wildman–Crippen LogP) is 2.79. The zero-order chi connectivity index (χ0) is 13.1. The van der Waals surface area contributed by atoms with Crippen LogP contribution in [0.2, 0.25) is 10.0 Å². The molecule has 0 saturated carbocycles. The fourth-order valence-electron chi connectivity index (χ4n) is 2.41. The van der Waals surface area contributed by atoms with Gasteiger partial charge in [-0.1, -0.05) is 29.3 Å². The van der Waals surface area contributed by atoms with E-state index in [2.05, 4.69) is 12.3 Å². The summed E-state index contributed by atoms with van der Waals surface area (Å²) < 4.78 is 5.59. The van der Waals surface area contributed by atoms with Crippen LogP contribution in [-0.4, -0.2) is 18.8 Å². The van der Waals surface area contributed by atoms with Crippen LogP contribution in [0.5, 0.6) is 0 Å². The molecule has 5 heteroatoms. The zero-order valence-corrected chi connectivity index (χ0v) is 11.8. The second-order valence-electron chi connectivity index (χ2n) is 4.87. The molecule has 0 amide bonds. The molecule has 1 aromatic rings. The third-order valence-corrected chi connectivity index (χ3v) is 4.19. The minimum atomic E-state index is 0.201. The van der Waals surface area contributed by atoms with Crippen LogP contribution >= 0.6 is 23.2 Å². The molecule has 0 radical (unpaired) electrons. The quantitative estimate of drug-likeness (QED) is 0.662. The van der Waals surface area contributed by atoms with Crippen LogP contribution in [0.25, 0.3) is 0 Å². The Morgan fingerprint density at radius 2 is 2.22 bits per heavy atom. The smallest absolute Gasteiger partial charge is 0.0595 e. The van der Waals surface area contributed by atoms with Gasteiger partial charge in [-0.3, -0.25) is 11.3 Å². The number of rotatable bonds is 4. The van der Waals surface area contributed by atoms with Gasteiger partial charge in [0.2, 0.25) is 0 Å². The van der Waals surface area contributed by atoms with E-state index in [0.717, 1.165) is 25.0 Å². The first kappa shape index (κ1) is 14.1. The second kappa shape index (κ2) is 6.22. The van der Waals surface area contributed by atoms with Gasteiger partial charge < -0.3 is 4.74 Å². The minimum absolute atomic E-state index is 0.201. The molecular weight excluding hydrogens is 271 g/mol. The van der Waals surface area contributed by atoms with E-state index in [1.54, 1.807) is 0 Å². The number of benzene rings is 1. The topological polar surface area (TPSA) is 47.3 Å². The molecule has 3 nitrogen and oxygen atoms in total. The monoisotopic (exact) mass is 288 g/mol. The van der Waals surface area contributed by atoms with E-state index >= 15 is 0 Å². The van der Waals surface area contributed by atoms with Gasteiger partial charge in [0.25, 0.3) is 0 Å². The summed E-state index contributed by atoms with van der Waals surface area (Å²) in [7, 11) is 0. The lowest BCUT2D eigenvalue weighted by atomic mass is 9.92. The van der Waals surface area contributed by atoms with E-state index < -0.39 is 0 Å². The molecule has 1 saturated heterocycles. The van der Waals surface area contributed by atoms with Gasteiger partial charge in [0.05, 0.1) is 22.8 Å². The number of nitrogens with one attached hydrogen (secondary N) is 1. The lowest BCUT2D eigenvalue weighted by Crippen LogP contribution is -2.42. The third kappa shape index (κ3) is 3.37. The number of ether oxygens (including phenoxy) is 1. The van der Waals surface area contributed by atoms with Gasteiger partial charge in [-0.05, 0) is 37.5 Å². The number of halogens is 2. The maximum absolute atomic E-state index is 6.02. The number of hydrogen-bond donors (Lipinski definition) is 2. The SMILES string of the molecule is CC1CC(C(Cc2ccc(Cl)c(Cl)c2)NN)CO1. The maximum Gasteiger partial charge on any atom is 0.0595 e. The molecule has 18 heavy (non-hydrogen) atoms. The Hall–Kier alpha value is -0.320. The Kier molecular flexibility index (Phi) is 4.87. The van der Waals surface area contributed by atoms with E-state index in [4.69, 9.17) is 33.8 Å². The van der Waals surface area contributed by atoms with E-state index in [-0.39, 0.29) is 6.04 Å². The van der Waals surface area contributed by atoms with Gasteiger partial charge in [-0.2, -0.15) is 0 Å². The molecule has 100 valence electrons. The maximum atomic E-state index is 6.02. The Morgan fingerprint density at radius 3 is 2.78 bits per heavy atom. The summed E-state index contributed by atoms with van der Waals surface area (Å²) in [5.41, 5.74) is 4.02. The third-order valence-electron chi connectivity index (χ3n) is 3.45. The van der Waals surface area contributed by atoms with Crippen molar-refractivity contribution in [3.63, 3.8) is 0 Å². The summed E-state index contributed by atoms with van der Waals surface area (Å²) in [5, 5.41) is 1.16. The van der Waals surface area contributed by atoms with Gasteiger partial charge in [-0.25, -0.2) is 0 Å². The van der Waals surface area contributed by atoms with Gasteiger partial charge in [-0.15, -0.1) is 0 Å². The van der Waals surface area contributed by atoms with Gasteiger partial charge in [0.15, 0.2) is 0 Å². The summed E-state index contributed by atoms with van der Waals surface area (Å²) in [4.78, 5) is 0. The van der Waals surface area contributed by atoms with Crippen LogP contribution in [0.15, 0.2) is 18.2 Å². The molecule has 2 rings (SSSR count). The average Bonchev–Trinajstić information content (AvgIpc) is 2.77. The van der Waals surface area contributed by atoms with Crippen molar-refractivity contribution in [1.29, 1.82) is 0 Å². The van der Waals surface area contributed by atoms with Crippen LogP contribution in [0.4, 0.5) is 0 Å². The van der Waals surface area contributed by atoms with Crippen molar-refractivity contribution in [2.75, 3.05) is 6.61 Å². The lowest BCUT2D eigenvalue weighted by Gasteiger charge is -2.21. The van der Waals surface area contributed by atoms with Crippen LogP contribution in [0.1, 0.15) is 18.9 Å². The highest BCUT2D eigenvalue weighted by atomic mass is 35.5. The Balaban J connectivity index is 2.03. The molecule has 1 fully saturated rings. The summed E-state index contributed by atoms with van der Waals surface area (Å²) >= 11 is 11.9. The first-order chi connectivity index (χ1) is 8.60. The molecular formula is C13H18Cl2N2O. The molecule has 1 aliphatic heterocycles. The Bertz CT molecular complexity index is 414. The molecule has 3 atom stereocenters. The molecule has 1 heterocycles. The van der Waals surface area contributed by atoms with E-state index in [1.165, 1.54) is 0 Å². The van der Waals surface area contributed by atoms with Crippen molar-refractivity contribution in [1.82, 2.24) is 5.43 Å². The average molecular weight is 289 g/mol. The highest BCUT2D eigenvalue weighted by molar-refractivity contribution is 6.42. The standard InChI is InChI=1S/C13H18Cl2N2O/c1-8-4-10(7-18-8)13(17-16)6-9-2-3-11(14)12(15)5-9/h2-3,5,8,10,13,17H,4,6-7,16H2,1H3. The minimum Gasteiger partial charge on any atom is -0.378 e. The highest BCUT2D eigenvalue weighted by Crippen LogP contribution is 2.27. The second-order valence-corrected chi connectivity index (χ2v) is 5.68. The number of hydrazine groups is 1. The zero-order valence-electron chi connectivity index (χ0n) is 10.3. The van der Waals surface area contributed by atoms with E-state index in [1.807, 2.05) is 18.2 Å². The molecule has 0 aliphatic carbocycles. The summed E-state index contributed by atoms with van der Waals surface area (Å²) in [5.74, 6) is 6.09. The van der Waals surface area contributed by atoms with Gasteiger partial charge >= 0.3 is 0 Å². The summed E-state index contributed by atoms with van der Waals surface area (Å²) in [6.07, 6.45) is 2.18.